The smallest absolute Gasteiger partial charge is 0.307 e. The maximum absolute atomic E-state index is 11.1. The highest BCUT2D eigenvalue weighted by atomic mass is 16.5. The second kappa shape index (κ2) is 9.64. The zero-order valence-corrected chi connectivity index (χ0v) is 16.6. The summed E-state index contributed by atoms with van der Waals surface area (Å²) in [5.41, 5.74) is 2.69. The summed E-state index contributed by atoms with van der Waals surface area (Å²) in [6.45, 7) is 4.96. The Morgan fingerprint density at radius 1 is 0.759 bits per heavy atom. The first-order valence-corrected chi connectivity index (χ1v) is 9.57. The molecule has 0 fully saturated rings. The maximum Gasteiger partial charge on any atom is 0.307 e. The fourth-order valence-corrected chi connectivity index (χ4v) is 3.00. The summed E-state index contributed by atoms with van der Waals surface area (Å²) in [7, 11) is 0. The van der Waals surface area contributed by atoms with Gasteiger partial charge in [0, 0.05) is 6.07 Å². The largest absolute Gasteiger partial charge is 0.494 e. The molecule has 3 aromatic carbocycles. The van der Waals surface area contributed by atoms with Gasteiger partial charge >= 0.3 is 5.97 Å². The first-order chi connectivity index (χ1) is 14.1. The number of carbonyl (C=O) groups is 1. The van der Waals surface area contributed by atoms with Crippen LogP contribution in [0.4, 0.5) is 0 Å². The predicted octanol–water partition coefficient (Wildman–Crippen LogP) is 5.57. The summed E-state index contributed by atoms with van der Waals surface area (Å²) in [5.74, 6) is 1.72. The van der Waals surface area contributed by atoms with Crippen LogP contribution in [0.3, 0.4) is 0 Å². The van der Waals surface area contributed by atoms with Gasteiger partial charge in [-0.3, -0.25) is 4.79 Å². The third kappa shape index (κ3) is 5.75. The zero-order valence-electron chi connectivity index (χ0n) is 16.6. The van der Waals surface area contributed by atoms with Gasteiger partial charge in [-0.05, 0) is 66.9 Å². The van der Waals surface area contributed by atoms with E-state index in [9.17, 15) is 4.79 Å². The molecule has 0 heterocycles. The van der Waals surface area contributed by atoms with Crippen molar-refractivity contribution in [2.24, 2.45) is 0 Å². The van der Waals surface area contributed by atoms with E-state index >= 15 is 0 Å². The van der Waals surface area contributed by atoms with Crippen molar-refractivity contribution < 1.29 is 24.1 Å². The van der Waals surface area contributed by atoms with E-state index in [-0.39, 0.29) is 6.42 Å². The number of rotatable bonds is 9. The summed E-state index contributed by atoms with van der Waals surface area (Å²) in [6, 6.07) is 20.8. The van der Waals surface area contributed by atoms with Crippen molar-refractivity contribution in [3.8, 4) is 34.1 Å². The Bertz CT molecular complexity index is 963. The van der Waals surface area contributed by atoms with E-state index in [1.54, 1.807) is 18.2 Å². The lowest BCUT2D eigenvalue weighted by atomic mass is 10.1. The van der Waals surface area contributed by atoms with Crippen molar-refractivity contribution in [3.63, 3.8) is 0 Å². The molecule has 0 spiro atoms. The Hall–Kier alpha value is -3.47. The van der Waals surface area contributed by atoms with Gasteiger partial charge in [-0.25, -0.2) is 0 Å². The van der Waals surface area contributed by atoms with Crippen LogP contribution >= 0.6 is 0 Å². The molecule has 0 aliphatic carbocycles. The quantitative estimate of drug-likeness (QED) is 0.516. The minimum Gasteiger partial charge on any atom is -0.494 e. The van der Waals surface area contributed by atoms with E-state index in [0.29, 0.717) is 36.0 Å². The molecule has 0 bridgehead atoms. The summed E-state index contributed by atoms with van der Waals surface area (Å²) < 4.78 is 17.1. The maximum atomic E-state index is 11.1. The van der Waals surface area contributed by atoms with E-state index in [2.05, 4.69) is 0 Å². The molecule has 3 rings (SSSR count). The Morgan fingerprint density at radius 3 is 2.14 bits per heavy atom. The van der Waals surface area contributed by atoms with Crippen LogP contribution in [0.15, 0.2) is 66.7 Å². The van der Waals surface area contributed by atoms with Gasteiger partial charge < -0.3 is 19.3 Å². The van der Waals surface area contributed by atoms with Crippen LogP contribution in [0, 0.1) is 0 Å². The molecule has 29 heavy (non-hydrogen) atoms. The molecular formula is C24H24O5. The van der Waals surface area contributed by atoms with Crippen molar-refractivity contribution in [3.05, 3.63) is 72.3 Å². The third-order valence-corrected chi connectivity index (χ3v) is 4.17. The molecule has 0 saturated heterocycles. The van der Waals surface area contributed by atoms with Crippen molar-refractivity contribution >= 4 is 5.97 Å². The zero-order chi connectivity index (χ0) is 20.6. The molecule has 0 saturated carbocycles. The number of ether oxygens (including phenoxy) is 3. The van der Waals surface area contributed by atoms with Gasteiger partial charge in [0.25, 0.3) is 0 Å². The molecule has 0 atom stereocenters. The highest BCUT2D eigenvalue weighted by Gasteiger charge is 2.08. The Kier molecular flexibility index (Phi) is 6.74. The molecule has 1 N–H and O–H groups in total. The molecule has 5 nitrogen and oxygen atoms in total. The van der Waals surface area contributed by atoms with E-state index in [4.69, 9.17) is 19.3 Å². The Balaban J connectivity index is 1.84. The molecule has 0 radical (unpaired) electrons. The highest BCUT2D eigenvalue weighted by molar-refractivity contribution is 5.71. The fourth-order valence-electron chi connectivity index (χ4n) is 3.00. The topological polar surface area (TPSA) is 65.0 Å². The Labute approximate surface area is 170 Å². The van der Waals surface area contributed by atoms with Gasteiger partial charge in [0.2, 0.25) is 0 Å². The molecule has 0 aliphatic heterocycles. The second-order valence-corrected chi connectivity index (χ2v) is 6.40. The molecule has 5 heteroatoms. The van der Waals surface area contributed by atoms with Gasteiger partial charge in [-0.15, -0.1) is 0 Å². The average molecular weight is 392 g/mol. The normalized spacial score (nSPS) is 10.4. The average Bonchev–Trinajstić information content (AvgIpc) is 2.69. The van der Waals surface area contributed by atoms with Gasteiger partial charge in [0.05, 0.1) is 19.6 Å². The number of hydrogen-bond acceptors (Lipinski definition) is 4. The van der Waals surface area contributed by atoms with Crippen LogP contribution in [0.25, 0.3) is 11.1 Å². The first-order valence-electron chi connectivity index (χ1n) is 9.57. The minimum absolute atomic E-state index is 0.0938. The lowest BCUT2D eigenvalue weighted by Crippen LogP contribution is -2.01. The first kappa shape index (κ1) is 20.3. The highest BCUT2D eigenvalue weighted by Crippen LogP contribution is 2.31. The molecule has 3 aromatic rings. The van der Waals surface area contributed by atoms with E-state index in [1.807, 2.05) is 62.4 Å². The molecule has 0 aliphatic rings. The summed E-state index contributed by atoms with van der Waals surface area (Å²) in [6.07, 6.45) is -0.0938. The van der Waals surface area contributed by atoms with Gasteiger partial charge in [0.1, 0.15) is 23.0 Å². The number of aliphatic carboxylic acids is 1. The molecular weight excluding hydrogens is 368 g/mol. The van der Waals surface area contributed by atoms with Crippen molar-refractivity contribution in [1.29, 1.82) is 0 Å². The Morgan fingerprint density at radius 2 is 1.45 bits per heavy atom. The van der Waals surface area contributed by atoms with Crippen LogP contribution in [-0.4, -0.2) is 24.3 Å². The van der Waals surface area contributed by atoms with Crippen molar-refractivity contribution in [1.82, 2.24) is 0 Å². The van der Waals surface area contributed by atoms with Gasteiger partial charge in [-0.1, -0.05) is 24.3 Å². The predicted molar refractivity (Wildman–Crippen MR) is 112 cm³/mol. The van der Waals surface area contributed by atoms with Gasteiger partial charge in [-0.2, -0.15) is 0 Å². The van der Waals surface area contributed by atoms with Crippen LogP contribution in [-0.2, 0) is 11.2 Å². The van der Waals surface area contributed by atoms with Crippen LogP contribution in [0.2, 0.25) is 0 Å². The standard InChI is InChI=1S/C24H24O5/c1-3-27-20-10-8-18(9-11-20)19-6-5-7-21(15-19)29-23-13-17(14-24(25)26)12-22(16-23)28-4-2/h5-13,15-16H,3-4,14H2,1-2H3,(H,25,26). The summed E-state index contributed by atoms with van der Waals surface area (Å²) >= 11 is 0. The number of carboxylic acid groups (broad SMARTS) is 1. The monoisotopic (exact) mass is 392 g/mol. The number of benzene rings is 3. The SMILES string of the molecule is CCOc1ccc(-c2cccc(Oc3cc(CC(=O)O)cc(OCC)c3)c2)cc1. The lowest BCUT2D eigenvalue weighted by Gasteiger charge is -2.12. The lowest BCUT2D eigenvalue weighted by molar-refractivity contribution is -0.136. The summed E-state index contributed by atoms with van der Waals surface area (Å²) in [4.78, 5) is 11.1. The van der Waals surface area contributed by atoms with Crippen LogP contribution in [0.1, 0.15) is 19.4 Å². The minimum atomic E-state index is -0.901. The van der Waals surface area contributed by atoms with Crippen molar-refractivity contribution in [2.75, 3.05) is 13.2 Å². The second-order valence-electron chi connectivity index (χ2n) is 6.40. The van der Waals surface area contributed by atoms with E-state index in [1.165, 1.54) is 0 Å². The molecule has 150 valence electrons. The van der Waals surface area contributed by atoms with E-state index < -0.39 is 5.97 Å². The molecule has 0 amide bonds. The van der Waals surface area contributed by atoms with Crippen LogP contribution in [0.5, 0.6) is 23.0 Å². The van der Waals surface area contributed by atoms with Gasteiger partial charge in [0.15, 0.2) is 0 Å². The number of carboxylic acids is 1. The number of hydrogen-bond donors (Lipinski definition) is 1. The molecule has 0 aromatic heterocycles. The third-order valence-electron chi connectivity index (χ3n) is 4.17. The fraction of sp³-hybridized carbons (Fsp3) is 0.208. The summed E-state index contributed by atoms with van der Waals surface area (Å²) in [5, 5.41) is 9.09. The van der Waals surface area contributed by atoms with Crippen LogP contribution < -0.4 is 14.2 Å². The van der Waals surface area contributed by atoms with Crippen molar-refractivity contribution in [2.45, 2.75) is 20.3 Å². The van der Waals surface area contributed by atoms with E-state index in [0.717, 1.165) is 16.9 Å². The molecule has 0 unspecified atom stereocenters.